The van der Waals surface area contributed by atoms with E-state index in [0.29, 0.717) is 23.4 Å². The van der Waals surface area contributed by atoms with Crippen molar-refractivity contribution >= 4 is 11.8 Å². The SMILES string of the molecule is C=CCn1c(SCc2noc(C(C)(C)C)n2)nnc1C1CC1. The first-order valence-electron chi connectivity index (χ1n) is 7.49. The van der Waals surface area contributed by atoms with Gasteiger partial charge < -0.3 is 9.09 Å². The smallest absolute Gasteiger partial charge is 0.232 e. The summed E-state index contributed by atoms with van der Waals surface area (Å²) < 4.78 is 7.45. The highest BCUT2D eigenvalue weighted by molar-refractivity contribution is 7.98. The molecule has 3 rings (SSSR count). The zero-order valence-electron chi connectivity index (χ0n) is 13.2. The van der Waals surface area contributed by atoms with Crippen LogP contribution in [0.1, 0.15) is 57.1 Å². The summed E-state index contributed by atoms with van der Waals surface area (Å²) in [7, 11) is 0. The summed E-state index contributed by atoms with van der Waals surface area (Å²) in [6.07, 6.45) is 4.30. The lowest BCUT2D eigenvalue weighted by Gasteiger charge is -2.10. The van der Waals surface area contributed by atoms with Gasteiger partial charge in [-0.05, 0) is 12.8 Å². The van der Waals surface area contributed by atoms with Crippen LogP contribution in [0, 0.1) is 0 Å². The molecule has 0 aromatic carbocycles. The van der Waals surface area contributed by atoms with E-state index in [4.69, 9.17) is 4.52 Å². The van der Waals surface area contributed by atoms with Crippen LogP contribution in [0.4, 0.5) is 0 Å². The van der Waals surface area contributed by atoms with Crippen LogP contribution in [0.5, 0.6) is 0 Å². The van der Waals surface area contributed by atoms with E-state index in [2.05, 4.69) is 52.3 Å². The van der Waals surface area contributed by atoms with Gasteiger partial charge in [-0.15, -0.1) is 16.8 Å². The Labute approximate surface area is 134 Å². The van der Waals surface area contributed by atoms with Crippen molar-refractivity contribution in [2.24, 2.45) is 0 Å². The van der Waals surface area contributed by atoms with Gasteiger partial charge in [-0.25, -0.2) is 0 Å². The first-order valence-corrected chi connectivity index (χ1v) is 8.47. The highest BCUT2D eigenvalue weighted by Gasteiger charge is 2.30. The third-order valence-electron chi connectivity index (χ3n) is 3.44. The summed E-state index contributed by atoms with van der Waals surface area (Å²) in [5.74, 6) is 3.62. The van der Waals surface area contributed by atoms with E-state index < -0.39 is 0 Å². The third kappa shape index (κ3) is 3.24. The average Bonchev–Trinajstić information content (AvgIpc) is 3.04. The van der Waals surface area contributed by atoms with Crippen molar-refractivity contribution in [1.82, 2.24) is 24.9 Å². The van der Waals surface area contributed by atoms with Gasteiger partial charge in [0.1, 0.15) is 5.82 Å². The average molecular weight is 319 g/mol. The monoisotopic (exact) mass is 319 g/mol. The van der Waals surface area contributed by atoms with Crippen molar-refractivity contribution in [2.75, 3.05) is 0 Å². The highest BCUT2D eigenvalue weighted by Crippen LogP contribution is 2.40. The summed E-state index contributed by atoms with van der Waals surface area (Å²) in [4.78, 5) is 4.45. The fraction of sp³-hybridized carbons (Fsp3) is 0.600. The number of aromatic nitrogens is 5. The molecule has 0 aliphatic heterocycles. The maximum absolute atomic E-state index is 5.32. The van der Waals surface area contributed by atoms with Crippen LogP contribution in [-0.4, -0.2) is 24.9 Å². The third-order valence-corrected chi connectivity index (χ3v) is 4.40. The standard InChI is InChI=1S/C15H21N5OS/c1-5-8-20-12(10-6-7-10)17-18-14(20)22-9-11-16-13(21-19-11)15(2,3)4/h5,10H,1,6-9H2,2-4H3. The molecule has 6 nitrogen and oxygen atoms in total. The highest BCUT2D eigenvalue weighted by atomic mass is 32.2. The molecule has 1 aliphatic carbocycles. The normalized spacial score (nSPS) is 15.2. The van der Waals surface area contributed by atoms with Crippen LogP contribution in [-0.2, 0) is 17.7 Å². The fourth-order valence-electron chi connectivity index (χ4n) is 2.10. The molecule has 0 amide bonds. The molecular weight excluding hydrogens is 298 g/mol. The molecule has 0 N–H and O–H groups in total. The molecule has 0 atom stereocenters. The number of hydrogen-bond donors (Lipinski definition) is 0. The van der Waals surface area contributed by atoms with E-state index in [1.54, 1.807) is 11.8 Å². The van der Waals surface area contributed by atoms with Crippen LogP contribution in [0.15, 0.2) is 22.3 Å². The topological polar surface area (TPSA) is 69.6 Å². The van der Waals surface area contributed by atoms with E-state index in [9.17, 15) is 0 Å². The van der Waals surface area contributed by atoms with Crippen molar-refractivity contribution in [3.05, 3.63) is 30.2 Å². The molecule has 1 aliphatic rings. The molecule has 2 aromatic heterocycles. The second-order valence-corrected chi connectivity index (χ2v) is 7.51. The quantitative estimate of drug-likeness (QED) is 0.601. The van der Waals surface area contributed by atoms with Gasteiger partial charge in [-0.1, -0.05) is 43.8 Å². The lowest BCUT2D eigenvalue weighted by atomic mass is 9.97. The summed E-state index contributed by atoms with van der Waals surface area (Å²) in [6, 6.07) is 0. The Kier molecular flexibility index (Phi) is 4.08. The molecule has 0 spiro atoms. The summed E-state index contributed by atoms with van der Waals surface area (Å²) >= 11 is 1.59. The zero-order valence-corrected chi connectivity index (χ0v) is 14.1. The van der Waals surface area contributed by atoms with Gasteiger partial charge in [0.25, 0.3) is 0 Å². The first-order chi connectivity index (χ1) is 10.5. The Bertz CT molecular complexity index is 666. The largest absolute Gasteiger partial charge is 0.339 e. The Hall–Kier alpha value is -1.63. The molecule has 22 heavy (non-hydrogen) atoms. The molecule has 7 heteroatoms. The second-order valence-electron chi connectivity index (χ2n) is 6.57. The number of nitrogens with zero attached hydrogens (tertiary/aromatic N) is 5. The minimum absolute atomic E-state index is 0.127. The zero-order chi connectivity index (χ0) is 15.7. The van der Waals surface area contributed by atoms with Crippen LogP contribution in [0.25, 0.3) is 0 Å². The number of rotatable bonds is 6. The van der Waals surface area contributed by atoms with E-state index >= 15 is 0 Å². The van der Waals surface area contributed by atoms with Gasteiger partial charge in [-0.3, -0.25) is 0 Å². The number of thioether (sulfide) groups is 1. The van der Waals surface area contributed by atoms with Crippen LogP contribution in [0.3, 0.4) is 0 Å². The second kappa shape index (κ2) is 5.87. The lowest BCUT2D eigenvalue weighted by molar-refractivity contribution is 0.319. The molecule has 1 fully saturated rings. The molecular formula is C15H21N5OS. The first kappa shape index (κ1) is 15.3. The van der Waals surface area contributed by atoms with Crippen molar-refractivity contribution in [3.63, 3.8) is 0 Å². The van der Waals surface area contributed by atoms with Crippen LogP contribution in [0.2, 0.25) is 0 Å². The summed E-state index contributed by atoms with van der Waals surface area (Å²) in [6.45, 7) is 10.7. The minimum atomic E-state index is -0.127. The Morgan fingerprint density at radius 1 is 1.36 bits per heavy atom. The molecule has 118 valence electrons. The minimum Gasteiger partial charge on any atom is -0.339 e. The summed E-state index contributed by atoms with van der Waals surface area (Å²) in [5.41, 5.74) is -0.127. The van der Waals surface area contributed by atoms with Gasteiger partial charge in [0.2, 0.25) is 5.89 Å². The van der Waals surface area contributed by atoms with Crippen molar-refractivity contribution in [1.29, 1.82) is 0 Å². The van der Waals surface area contributed by atoms with Gasteiger partial charge in [0, 0.05) is 17.9 Å². The lowest BCUT2D eigenvalue weighted by Crippen LogP contribution is -2.11. The molecule has 0 bridgehead atoms. The molecule has 2 aromatic rings. The van der Waals surface area contributed by atoms with Crippen molar-refractivity contribution < 1.29 is 4.52 Å². The Balaban J connectivity index is 1.71. The van der Waals surface area contributed by atoms with Gasteiger partial charge >= 0.3 is 0 Å². The van der Waals surface area contributed by atoms with E-state index in [0.717, 1.165) is 17.5 Å². The predicted octanol–water partition coefficient (Wildman–Crippen LogP) is 3.31. The number of allylic oxidation sites excluding steroid dienone is 1. The van der Waals surface area contributed by atoms with Crippen LogP contribution < -0.4 is 0 Å². The van der Waals surface area contributed by atoms with E-state index in [1.165, 1.54) is 12.8 Å². The van der Waals surface area contributed by atoms with Gasteiger partial charge in [-0.2, -0.15) is 4.98 Å². The number of hydrogen-bond acceptors (Lipinski definition) is 6. The van der Waals surface area contributed by atoms with Crippen molar-refractivity contribution in [3.8, 4) is 0 Å². The Morgan fingerprint density at radius 2 is 2.14 bits per heavy atom. The maximum Gasteiger partial charge on any atom is 0.232 e. The maximum atomic E-state index is 5.32. The predicted molar refractivity (Wildman–Crippen MR) is 84.8 cm³/mol. The van der Waals surface area contributed by atoms with Crippen molar-refractivity contribution in [2.45, 2.75) is 62.4 Å². The van der Waals surface area contributed by atoms with E-state index in [-0.39, 0.29) is 5.41 Å². The van der Waals surface area contributed by atoms with Gasteiger partial charge in [0.05, 0.1) is 5.75 Å². The molecule has 0 saturated heterocycles. The van der Waals surface area contributed by atoms with E-state index in [1.807, 2.05) is 6.08 Å². The van der Waals surface area contributed by atoms with Gasteiger partial charge in [0.15, 0.2) is 11.0 Å². The summed E-state index contributed by atoms with van der Waals surface area (Å²) in [5, 5.41) is 13.6. The molecule has 1 saturated carbocycles. The fourth-order valence-corrected chi connectivity index (χ4v) is 2.90. The van der Waals surface area contributed by atoms with Crippen LogP contribution >= 0.6 is 11.8 Å². The Morgan fingerprint density at radius 3 is 2.73 bits per heavy atom. The molecule has 2 heterocycles. The molecule has 0 unspecified atom stereocenters. The molecule has 0 radical (unpaired) electrons.